The Morgan fingerprint density at radius 2 is 1.88 bits per heavy atom. The molecule has 0 amide bonds. The Labute approximate surface area is 148 Å². The van der Waals surface area contributed by atoms with Crippen LogP contribution in [0, 0.1) is 12.7 Å². The summed E-state index contributed by atoms with van der Waals surface area (Å²) in [5.41, 5.74) is 2.26. The normalized spacial score (nSPS) is 12.3. The second-order valence-corrected chi connectivity index (χ2v) is 5.86. The van der Waals surface area contributed by atoms with Gasteiger partial charge < -0.3 is 9.84 Å². The topological polar surface area (TPSA) is 89.6 Å². The monoisotopic (exact) mass is 350 g/mol. The van der Waals surface area contributed by atoms with Gasteiger partial charge in [-0.15, -0.1) is 0 Å². The van der Waals surface area contributed by atoms with Crippen molar-refractivity contribution in [1.82, 2.24) is 25.1 Å². The standard InChI is InChI=1S/C18H15FN6O/c1-10(16-24-11(2)26-25-16)23-18-15-7-13(8-20-17(15)21-9-22-18)12-3-5-14(19)6-4-12/h3-10H,1-2H3,(H,20,21,22,23)/t10-/m1/s1. The highest BCUT2D eigenvalue weighted by Crippen LogP contribution is 2.27. The number of aryl methyl sites for hydroxylation is 1. The number of halogens is 1. The Balaban J connectivity index is 1.72. The molecular weight excluding hydrogens is 335 g/mol. The second kappa shape index (κ2) is 6.47. The van der Waals surface area contributed by atoms with Crippen LogP contribution in [0.1, 0.15) is 24.7 Å². The van der Waals surface area contributed by atoms with Crippen LogP contribution < -0.4 is 5.32 Å². The SMILES string of the molecule is Cc1nc([C@@H](C)Nc2ncnc3ncc(-c4ccc(F)cc4)cc23)no1. The van der Waals surface area contributed by atoms with Gasteiger partial charge in [0.2, 0.25) is 5.89 Å². The number of anilines is 1. The molecule has 1 atom stereocenters. The first-order valence-electron chi connectivity index (χ1n) is 8.03. The number of nitrogens with zero attached hydrogens (tertiary/aromatic N) is 5. The lowest BCUT2D eigenvalue weighted by molar-refractivity contribution is 0.385. The van der Waals surface area contributed by atoms with Crippen LogP contribution in [-0.4, -0.2) is 25.1 Å². The van der Waals surface area contributed by atoms with Crippen LogP contribution in [0.2, 0.25) is 0 Å². The smallest absolute Gasteiger partial charge is 0.223 e. The van der Waals surface area contributed by atoms with Crippen LogP contribution in [0.3, 0.4) is 0 Å². The Morgan fingerprint density at radius 1 is 1.08 bits per heavy atom. The predicted molar refractivity (Wildman–Crippen MR) is 93.8 cm³/mol. The molecule has 0 aliphatic heterocycles. The first-order valence-corrected chi connectivity index (χ1v) is 8.03. The Morgan fingerprint density at radius 3 is 2.62 bits per heavy atom. The molecule has 1 aromatic carbocycles. The molecule has 4 aromatic rings. The van der Waals surface area contributed by atoms with Crippen LogP contribution in [-0.2, 0) is 0 Å². The van der Waals surface area contributed by atoms with E-state index in [2.05, 4.69) is 30.4 Å². The van der Waals surface area contributed by atoms with Crippen LogP contribution in [0.25, 0.3) is 22.2 Å². The van der Waals surface area contributed by atoms with Crippen molar-refractivity contribution in [1.29, 1.82) is 0 Å². The van der Waals surface area contributed by atoms with Gasteiger partial charge in [0.1, 0.15) is 18.0 Å². The summed E-state index contributed by atoms with van der Waals surface area (Å²) in [6.07, 6.45) is 3.15. The lowest BCUT2D eigenvalue weighted by atomic mass is 10.1. The molecule has 0 saturated heterocycles. The zero-order valence-corrected chi connectivity index (χ0v) is 14.1. The minimum absolute atomic E-state index is 0.208. The van der Waals surface area contributed by atoms with Crippen molar-refractivity contribution < 1.29 is 8.91 Å². The Bertz CT molecular complexity index is 1060. The zero-order chi connectivity index (χ0) is 18.1. The molecule has 0 saturated carbocycles. The summed E-state index contributed by atoms with van der Waals surface area (Å²) in [5.74, 6) is 1.37. The third kappa shape index (κ3) is 3.08. The van der Waals surface area contributed by atoms with Crippen molar-refractivity contribution in [2.75, 3.05) is 5.32 Å². The predicted octanol–water partition coefficient (Wildman–Crippen LogP) is 3.70. The minimum atomic E-state index is -0.280. The largest absolute Gasteiger partial charge is 0.360 e. The van der Waals surface area contributed by atoms with Gasteiger partial charge in [-0.05, 0) is 30.7 Å². The van der Waals surface area contributed by atoms with Gasteiger partial charge in [-0.25, -0.2) is 19.3 Å². The van der Waals surface area contributed by atoms with Crippen molar-refractivity contribution in [3.8, 4) is 11.1 Å². The number of rotatable bonds is 4. The van der Waals surface area contributed by atoms with Crippen LogP contribution in [0.4, 0.5) is 10.2 Å². The number of aromatic nitrogens is 5. The van der Waals surface area contributed by atoms with E-state index < -0.39 is 0 Å². The summed E-state index contributed by atoms with van der Waals surface area (Å²) in [7, 11) is 0. The van der Waals surface area contributed by atoms with Crippen molar-refractivity contribution in [3.63, 3.8) is 0 Å². The maximum absolute atomic E-state index is 13.2. The molecule has 0 aliphatic carbocycles. The molecule has 3 heterocycles. The number of hydrogen-bond acceptors (Lipinski definition) is 7. The minimum Gasteiger partial charge on any atom is -0.360 e. The van der Waals surface area contributed by atoms with Gasteiger partial charge in [0.15, 0.2) is 11.5 Å². The summed E-state index contributed by atoms with van der Waals surface area (Å²) < 4.78 is 18.2. The highest BCUT2D eigenvalue weighted by atomic mass is 19.1. The average molecular weight is 350 g/mol. The molecule has 8 heteroatoms. The number of benzene rings is 1. The summed E-state index contributed by atoms with van der Waals surface area (Å²) >= 11 is 0. The fourth-order valence-electron chi connectivity index (χ4n) is 2.62. The Hall–Kier alpha value is -3.42. The number of pyridine rings is 1. The summed E-state index contributed by atoms with van der Waals surface area (Å²) in [6, 6.07) is 7.97. The molecule has 0 radical (unpaired) electrons. The fourth-order valence-corrected chi connectivity index (χ4v) is 2.62. The van der Waals surface area contributed by atoms with E-state index >= 15 is 0 Å². The molecule has 0 unspecified atom stereocenters. The molecule has 7 nitrogen and oxygen atoms in total. The number of hydrogen-bond donors (Lipinski definition) is 1. The summed E-state index contributed by atoms with van der Waals surface area (Å²) in [4.78, 5) is 17.1. The first kappa shape index (κ1) is 16.1. The third-order valence-corrected chi connectivity index (χ3v) is 3.95. The lowest BCUT2D eigenvalue weighted by Crippen LogP contribution is -2.10. The fraction of sp³-hybridized carbons (Fsp3) is 0.167. The molecule has 3 aromatic heterocycles. The van der Waals surface area contributed by atoms with Gasteiger partial charge in [-0.2, -0.15) is 4.98 Å². The van der Waals surface area contributed by atoms with Gasteiger partial charge in [0, 0.05) is 18.7 Å². The van der Waals surface area contributed by atoms with Gasteiger partial charge in [-0.3, -0.25) is 0 Å². The highest BCUT2D eigenvalue weighted by Gasteiger charge is 2.15. The zero-order valence-electron chi connectivity index (χ0n) is 14.1. The van der Waals surface area contributed by atoms with Crippen molar-refractivity contribution >= 4 is 16.9 Å². The van der Waals surface area contributed by atoms with Crippen molar-refractivity contribution in [2.45, 2.75) is 19.9 Å². The molecule has 0 spiro atoms. The van der Waals surface area contributed by atoms with Crippen LogP contribution >= 0.6 is 0 Å². The molecule has 0 bridgehead atoms. The highest BCUT2D eigenvalue weighted by molar-refractivity contribution is 5.89. The van der Waals surface area contributed by atoms with Crippen molar-refractivity contribution in [2.24, 2.45) is 0 Å². The van der Waals surface area contributed by atoms with Gasteiger partial charge in [-0.1, -0.05) is 17.3 Å². The molecular formula is C18H15FN6O. The van der Waals surface area contributed by atoms with Gasteiger partial charge >= 0.3 is 0 Å². The van der Waals surface area contributed by atoms with Crippen molar-refractivity contribution in [3.05, 3.63) is 60.4 Å². The molecule has 0 aliphatic rings. The summed E-state index contributed by atoms with van der Waals surface area (Å²) in [5, 5.41) is 7.94. The average Bonchev–Trinajstić information content (AvgIpc) is 3.09. The molecule has 0 fully saturated rings. The maximum atomic E-state index is 13.2. The van der Waals surface area contributed by atoms with Crippen LogP contribution in [0.5, 0.6) is 0 Å². The first-order chi connectivity index (χ1) is 12.6. The van der Waals surface area contributed by atoms with Gasteiger partial charge in [0.25, 0.3) is 0 Å². The molecule has 4 rings (SSSR count). The summed E-state index contributed by atoms with van der Waals surface area (Å²) in [6.45, 7) is 3.65. The maximum Gasteiger partial charge on any atom is 0.223 e. The van der Waals surface area contributed by atoms with Gasteiger partial charge in [0.05, 0.1) is 11.4 Å². The Kier molecular flexibility index (Phi) is 4.00. The molecule has 26 heavy (non-hydrogen) atoms. The van der Waals surface area contributed by atoms with E-state index in [-0.39, 0.29) is 11.9 Å². The van der Waals surface area contributed by atoms with E-state index in [0.29, 0.717) is 23.2 Å². The van der Waals surface area contributed by atoms with E-state index in [4.69, 9.17) is 4.52 Å². The van der Waals surface area contributed by atoms with Crippen LogP contribution in [0.15, 0.2) is 47.4 Å². The molecule has 130 valence electrons. The lowest BCUT2D eigenvalue weighted by Gasteiger charge is -2.12. The van der Waals surface area contributed by atoms with E-state index in [0.717, 1.165) is 16.5 Å². The van der Waals surface area contributed by atoms with E-state index in [1.165, 1.54) is 18.5 Å². The third-order valence-electron chi connectivity index (χ3n) is 3.95. The second-order valence-electron chi connectivity index (χ2n) is 5.86. The molecule has 1 N–H and O–H groups in total. The van der Waals surface area contributed by atoms with E-state index in [1.54, 1.807) is 25.3 Å². The van der Waals surface area contributed by atoms with E-state index in [1.807, 2.05) is 13.0 Å². The number of fused-ring (bicyclic) bond motifs is 1. The quantitative estimate of drug-likeness (QED) is 0.600. The van der Waals surface area contributed by atoms with E-state index in [9.17, 15) is 4.39 Å². The number of nitrogens with one attached hydrogen (secondary N) is 1.